The van der Waals surface area contributed by atoms with E-state index in [0.717, 1.165) is 11.1 Å². The Morgan fingerprint density at radius 3 is 2.79 bits per heavy atom. The van der Waals surface area contributed by atoms with Gasteiger partial charge in [-0.05, 0) is 24.5 Å². The first-order valence-electron chi connectivity index (χ1n) is 8.07. The summed E-state index contributed by atoms with van der Waals surface area (Å²) in [5.41, 5.74) is 3.45. The van der Waals surface area contributed by atoms with Crippen molar-refractivity contribution in [1.82, 2.24) is 14.9 Å². The number of nitrogens with one attached hydrogen (secondary N) is 1. The number of carbonyl (C=O) groups is 1. The maximum atomic E-state index is 12.6. The van der Waals surface area contributed by atoms with E-state index >= 15 is 0 Å². The van der Waals surface area contributed by atoms with E-state index < -0.39 is 0 Å². The zero-order valence-electron chi connectivity index (χ0n) is 14.3. The summed E-state index contributed by atoms with van der Waals surface area (Å²) < 4.78 is 0. The van der Waals surface area contributed by atoms with Crippen molar-refractivity contribution in [3.63, 3.8) is 0 Å². The standard InChI is InChI=1S/C18H22N4O2/c1-12-6-4-5-7-13(12)10-16(23)22-9-8-14-15(11-22)19-18(21(2)3)20-17(14)24/h4-7H,8-11H2,1-3H3,(H,19,20,24). The van der Waals surface area contributed by atoms with Crippen LogP contribution in [0.4, 0.5) is 5.95 Å². The van der Waals surface area contributed by atoms with Crippen LogP contribution in [-0.2, 0) is 24.2 Å². The minimum Gasteiger partial charge on any atom is -0.348 e. The Labute approximate surface area is 141 Å². The molecule has 1 aliphatic heterocycles. The zero-order chi connectivity index (χ0) is 17.3. The van der Waals surface area contributed by atoms with Gasteiger partial charge in [-0.1, -0.05) is 24.3 Å². The molecule has 24 heavy (non-hydrogen) atoms. The van der Waals surface area contributed by atoms with Crippen molar-refractivity contribution >= 4 is 11.9 Å². The highest BCUT2D eigenvalue weighted by Gasteiger charge is 2.24. The number of rotatable bonds is 3. The second-order valence-corrected chi connectivity index (χ2v) is 6.38. The van der Waals surface area contributed by atoms with E-state index in [9.17, 15) is 9.59 Å². The van der Waals surface area contributed by atoms with Crippen molar-refractivity contribution in [3.8, 4) is 0 Å². The SMILES string of the molecule is Cc1ccccc1CC(=O)N1CCc2c(nc(N(C)C)[nH]c2=O)C1. The van der Waals surface area contributed by atoms with Gasteiger partial charge in [-0.2, -0.15) is 0 Å². The Hall–Kier alpha value is -2.63. The van der Waals surface area contributed by atoms with Gasteiger partial charge in [0.15, 0.2) is 0 Å². The summed E-state index contributed by atoms with van der Waals surface area (Å²) in [6, 6.07) is 7.92. The maximum absolute atomic E-state index is 12.6. The lowest BCUT2D eigenvalue weighted by Crippen LogP contribution is -2.40. The monoisotopic (exact) mass is 326 g/mol. The van der Waals surface area contributed by atoms with Crippen molar-refractivity contribution in [2.45, 2.75) is 26.3 Å². The third kappa shape index (κ3) is 3.18. The molecule has 1 amide bonds. The van der Waals surface area contributed by atoms with Crippen molar-refractivity contribution in [2.24, 2.45) is 0 Å². The number of aryl methyl sites for hydroxylation is 1. The molecule has 0 spiro atoms. The van der Waals surface area contributed by atoms with Crippen LogP contribution in [-0.4, -0.2) is 41.4 Å². The Balaban J connectivity index is 1.80. The average molecular weight is 326 g/mol. The summed E-state index contributed by atoms with van der Waals surface area (Å²) in [6.07, 6.45) is 0.927. The molecule has 1 N–H and O–H groups in total. The lowest BCUT2D eigenvalue weighted by Gasteiger charge is -2.28. The second-order valence-electron chi connectivity index (χ2n) is 6.38. The Bertz CT molecular complexity index is 826. The fourth-order valence-corrected chi connectivity index (χ4v) is 2.93. The summed E-state index contributed by atoms with van der Waals surface area (Å²) in [7, 11) is 3.66. The number of fused-ring (bicyclic) bond motifs is 1. The molecule has 1 aromatic carbocycles. The molecular formula is C18H22N4O2. The van der Waals surface area contributed by atoms with Crippen molar-refractivity contribution in [1.29, 1.82) is 0 Å². The van der Waals surface area contributed by atoms with Gasteiger partial charge in [-0.15, -0.1) is 0 Å². The fraction of sp³-hybridized carbons (Fsp3) is 0.389. The van der Waals surface area contributed by atoms with Crippen LogP contribution in [0.3, 0.4) is 0 Å². The number of nitrogens with zero attached hydrogens (tertiary/aromatic N) is 3. The van der Waals surface area contributed by atoms with Crippen LogP contribution in [0.5, 0.6) is 0 Å². The fourth-order valence-electron chi connectivity index (χ4n) is 2.93. The van der Waals surface area contributed by atoms with Gasteiger partial charge in [-0.25, -0.2) is 4.98 Å². The summed E-state index contributed by atoms with van der Waals surface area (Å²) in [5, 5.41) is 0. The van der Waals surface area contributed by atoms with Crippen molar-refractivity contribution in [3.05, 3.63) is 57.0 Å². The van der Waals surface area contributed by atoms with Crippen LogP contribution in [0.15, 0.2) is 29.1 Å². The Kier molecular flexibility index (Phi) is 4.38. The molecule has 1 aliphatic rings. The first-order chi connectivity index (χ1) is 11.5. The molecule has 2 heterocycles. The van der Waals surface area contributed by atoms with Crippen LogP contribution in [0, 0.1) is 6.92 Å². The number of hydrogen-bond donors (Lipinski definition) is 1. The second kappa shape index (κ2) is 6.47. The van der Waals surface area contributed by atoms with Crippen molar-refractivity contribution < 1.29 is 4.79 Å². The van der Waals surface area contributed by atoms with Gasteiger partial charge < -0.3 is 9.80 Å². The molecule has 6 heteroatoms. The topological polar surface area (TPSA) is 69.3 Å². The molecule has 1 aromatic heterocycles. The van der Waals surface area contributed by atoms with Gasteiger partial charge in [0.25, 0.3) is 5.56 Å². The molecule has 0 aliphatic carbocycles. The Morgan fingerprint density at radius 1 is 1.33 bits per heavy atom. The summed E-state index contributed by atoms with van der Waals surface area (Å²) in [6.45, 7) is 2.97. The summed E-state index contributed by atoms with van der Waals surface area (Å²) in [5.74, 6) is 0.593. The van der Waals surface area contributed by atoms with Crippen LogP contribution >= 0.6 is 0 Å². The highest BCUT2D eigenvalue weighted by molar-refractivity contribution is 5.79. The molecular weight excluding hydrogens is 304 g/mol. The number of H-pyrrole nitrogens is 1. The highest BCUT2D eigenvalue weighted by Crippen LogP contribution is 2.17. The first-order valence-corrected chi connectivity index (χ1v) is 8.07. The normalized spacial score (nSPS) is 13.5. The smallest absolute Gasteiger partial charge is 0.255 e. The average Bonchev–Trinajstić information content (AvgIpc) is 2.56. The molecule has 6 nitrogen and oxygen atoms in total. The minimum atomic E-state index is -0.102. The van der Waals surface area contributed by atoms with Crippen molar-refractivity contribution in [2.75, 3.05) is 25.5 Å². The third-order valence-corrected chi connectivity index (χ3v) is 4.44. The highest BCUT2D eigenvalue weighted by atomic mass is 16.2. The molecule has 3 rings (SSSR count). The lowest BCUT2D eigenvalue weighted by molar-refractivity contribution is -0.131. The number of carbonyl (C=O) groups excluding carboxylic acids is 1. The number of aromatic amines is 1. The first kappa shape index (κ1) is 16.2. The van der Waals surface area contributed by atoms with E-state index in [2.05, 4.69) is 9.97 Å². The Morgan fingerprint density at radius 2 is 2.08 bits per heavy atom. The number of aromatic nitrogens is 2. The van der Waals surface area contributed by atoms with Gasteiger partial charge >= 0.3 is 0 Å². The quantitative estimate of drug-likeness (QED) is 0.922. The lowest BCUT2D eigenvalue weighted by atomic mass is 10.0. The maximum Gasteiger partial charge on any atom is 0.255 e. The molecule has 2 aromatic rings. The van der Waals surface area contributed by atoms with E-state index in [-0.39, 0.29) is 11.5 Å². The minimum absolute atomic E-state index is 0.0726. The molecule has 0 unspecified atom stereocenters. The number of hydrogen-bond acceptors (Lipinski definition) is 4. The van der Waals surface area contributed by atoms with Crippen LogP contribution in [0.25, 0.3) is 0 Å². The zero-order valence-corrected chi connectivity index (χ0v) is 14.3. The van der Waals surface area contributed by atoms with Crippen LogP contribution in [0.2, 0.25) is 0 Å². The number of benzene rings is 1. The third-order valence-electron chi connectivity index (χ3n) is 4.44. The predicted molar refractivity (Wildman–Crippen MR) is 93.2 cm³/mol. The summed E-state index contributed by atoms with van der Waals surface area (Å²) >= 11 is 0. The van der Waals surface area contributed by atoms with Crippen LogP contribution in [0.1, 0.15) is 22.4 Å². The van der Waals surface area contributed by atoms with E-state index in [1.807, 2.05) is 45.3 Å². The molecule has 0 saturated heterocycles. The number of amides is 1. The van der Waals surface area contributed by atoms with E-state index in [1.165, 1.54) is 0 Å². The van der Waals surface area contributed by atoms with Gasteiger partial charge in [0, 0.05) is 26.2 Å². The number of anilines is 1. The van der Waals surface area contributed by atoms with Crippen LogP contribution < -0.4 is 10.5 Å². The molecule has 0 radical (unpaired) electrons. The van der Waals surface area contributed by atoms with E-state index in [1.54, 1.807) is 9.80 Å². The molecule has 0 saturated carbocycles. The predicted octanol–water partition coefficient (Wildman–Crippen LogP) is 1.27. The molecule has 0 fully saturated rings. The van der Waals surface area contributed by atoms with Gasteiger partial charge in [-0.3, -0.25) is 14.6 Å². The van der Waals surface area contributed by atoms with E-state index in [4.69, 9.17) is 0 Å². The largest absolute Gasteiger partial charge is 0.348 e. The summed E-state index contributed by atoms with van der Waals surface area (Å²) in [4.78, 5) is 35.7. The van der Waals surface area contributed by atoms with E-state index in [0.29, 0.717) is 43.1 Å². The van der Waals surface area contributed by atoms with Gasteiger partial charge in [0.1, 0.15) is 0 Å². The van der Waals surface area contributed by atoms with Gasteiger partial charge in [0.05, 0.1) is 18.7 Å². The molecule has 0 bridgehead atoms. The molecule has 0 atom stereocenters. The van der Waals surface area contributed by atoms with Gasteiger partial charge in [0.2, 0.25) is 11.9 Å². The molecule has 126 valence electrons.